The van der Waals surface area contributed by atoms with E-state index in [1.165, 1.54) is 92.3 Å². The van der Waals surface area contributed by atoms with E-state index in [0.717, 1.165) is 11.4 Å². The molecule has 3 aromatic heterocycles. The maximum absolute atomic E-state index is 4.93. The molecule has 2 heteroatoms. The lowest BCUT2D eigenvalue weighted by molar-refractivity contribution is 0.549. The summed E-state index contributed by atoms with van der Waals surface area (Å²) in [6.07, 6.45) is 8.73. The number of rotatable bonds is 2. The van der Waals surface area contributed by atoms with Crippen molar-refractivity contribution in [3.05, 3.63) is 71.4 Å². The summed E-state index contributed by atoms with van der Waals surface area (Å²) in [5.74, 6) is 0.823. The second-order valence-electron chi connectivity index (χ2n) is 9.70. The lowest BCUT2D eigenvalue weighted by Crippen LogP contribution is -2.01. The van der Waals surface area contributed by atoms with Gasteiger partial charge in [0.2, 0.25) is 0 Å². The van der Waals surface area contributed by atoms with Gasteiger partial charge >= 0.3 is 0 Å². The van der Waals surface area contributed by atoms with E-state index in [4.69, 9.17) is 4.98 Å². The zero-order valence-electron chi connectivity index (χ0n) is 18.2. The molecule has 1 aliphatic rings. The molecule has 3 aromatic carbocycles. The number of aromatic nitrogens is 2. The quantitative estimate of drug-likeness (QED) is 0.214. The third kappa shape index (κ3) is 2.31. The number of aryl methyl sites for hydroxylation is 2. The molecule has 0 aliphatic heterocycles. The minimum atomic E-state index is 0.823. The first kappa shape index (κ1) is 17.5. The van der Waals surface area contributed by atoms with Crippen molar-refractivity contribution in [3.8, 4) is 0 Å². The van der Waals surface area contributed by atoms with Crippen LogP contribution in [0.25, 0.3) is 49.0 Å². The fraction of sp³-hybridized carbons (Fsp3) is 0.276. The minimum absolute atomic E-state index is 0.823. The maximum Gasteiger partial charge on any atom is 0.0822 e. The first-order chi connectivity index (χ1) is 15.2. The molecule has 1 fully saturated rings. The molecule has 1 aliphatic carbocycles. The van der Waals surface area contributed by atoms with Crippen molar-refractivity contribution < 1.29 is 0 Å². The first-order valence-corrected chi connectivity index (χ1v) is 11.7. The molecule has 0 amide bonds. The maximum atomic E-state index is 4.93. The van der Waals surface area contributed by atoms with Gasteiger partial charge in [0.1, 0.15) is 0 Å². The number of fused-ring (bicyclic) bond motifs is 6. The van der Waals surface area contributed by atoms with Crippen LogP contribution in [0.2, 0.25) is 0 Å². The zero-order valence-corrected chi connectivity index (χ0v) is 18.2. The van der Waals surface area contributed by atoms with Gasteiger partial charge in [-0.15, -0.1) is 0 Å². The molecule has 0 N–H and O–H groups in total. The second-order valence-corrected chi connectivity index (χ2v) is 9.70. The summed E-state index contributed by atoms with van der Waals surface area (Å²) < 4.78 is 2.55. The van der Waals surface area contributed by atoms with Crippen LogP contribution in [-0.4, -0.2) is 9.38 Å². The molecule has 0 spiro atoms. The van der Waals surface area contributed by atoms with Crippen LogP contribution >= 0.6 is 0 Å². The Morgan fingerprint density at radius 1 is 0.903 bits per heavy atom. The summed E-state index contributed by atoms with van der Waals surface area (Å²) in [6.45, 7) is 4.44. The van der Waals surface area contributed by atoms with Crippen molar-refractivity contribution in [2.75, 3.05) is 0 Å². The Balaban J connectivity index is 1.78. The van der Waals surface area contributed by atoms with Crippen LogP contribution in [0.4, 0.5) is 0 Å². The van der Waals surface area contributed by atoms with E-state index in [-0.39, 0.29) is 0 Å². The summed E-state index contributed by atoms with van der Waals surface area (Å²) in [4.78, 5) is 4.93. The van der Waals surface area contributed by atoms with Gasteiger partial charge in [0.15, 0.2) is 0 Å². The number of benzene rings is 3. The van der Waals surface area contributed by atoms with Crippen molar-refractivity contribution >= 4 is 49.0 Å². The van der Waals surface area contributed by atoms with E-state index < -0.39 is 0 Å². The smallest absolute Gasteiger partial charge is 0.0822 e. The molecule has 6 aromatic rings. The van der Waals surface area contributed by atoms with Crippen LogP contribution in [-0.2, 0) is 6.42 Å². The SMILES string of the molecule is Cc1cc(C)c2c(c1)c1nccc3cc(CC4CCCC4)c4c5ccccc5n2c4c31. The fourth-order valence-electron chi connectivity index (χ4n) is 6.47. The van der Waals surface area contributed by atoms with E-state index >= 15 is 0 Å². The number of pyridine rings is 2. The third-order valence-electron chi connectivity index (χ3n) is 7.65. The van der Waals surface area contributed by atoms with Crippen LogP contribution in [0.5, 0.6) is 0 Å². The normalized spacial score (nSPS) is 15.5. The highest BCUT2D eigenvalue weighted by atomic mass is 14.9. The molecule has 3 heterocycles. The summed E-state index contributed by atoms with van der Waals surface area (Å²) in [5, 5.41) is 6.76. The molecule has 1 saturated carbocycles. The van der Waals surface area contributed by atoms with Crippen LogP contribution in [0.3, 0.4) is 0 Å². The molecule has 2 nitrogen and oxygen atoms in total. The molecule has 7 rings (SSSR count). The van der Waals surface area contributed by atoms with Crippen molar-refractivity contribution in [2.45, 2.75) is 46.0 Å². The Bertz CT molecular complexity index is 1630. The zero-order chi connectivity index (χ0) is 20.7. The number of hydrogen-bond donors (Lipinski definition) is 0. The van der Waals surface area contributed by atoms with E-state index in [0.29, 0.717) is 0 Å². The highest BCUT2D eigenvalue weighted by molar-refractivity contribution is 6.28. The molecule has 0 unspecified atom stereocenters. The van der Waals surface area contributed by atoms with Gasteiger partial charge in [-0.1, -0.05) is 61.6 Å². The Morgan fingerprint density at radius 2 is 1.74 bits per heavy atom. The largest absolute Gasteiger partial charge is 0.308 e. The number of para-hydroxylation sites is 1. The minimum Gasteiger partial charge on any atom is -0.308 e. The lowest BCUT2D eigenvalue weighted by atomic mass is 9.91. The second kappa shape index (κ2) is 6.20. The predicted octanol–water partition coefficient (Wildman–Crippen LogP) is 7.73. The van der Waals surface area contributed by atoms with E-state index in [9.17, 15) is 0 Å². The van der Waals surface area contributed by atoms with Crippen LogP contribution < -0.4 is 0 Å². The molecule has 152 valence electrons. The summed E-state index contributed by atoms with van der Waals surface area (Å²) in [5.41, 5.74) is 9.28. The summed E-state index contributed by atoms with van der Waals surface area (Å²) in [7, 11) is 0. The van der Waals surface area contributed by atoms with Crippen molar-refractivity contribution in [1.82, 2.24) is 9.38 Å². The Labute approximate surface area is 181 Å². The van der Waals surface area contributed by atoms with E-state index in [1.54, 1.807) is 0 Å². The van der Waals surface area contributed by atoms with Crippen molar-refractivity contribution in [3.63, 3.8) is 0 Å². The predicted molar refractivity (Wildman–Crippen MR) is 132 cm³/mol. The van der Waals surface area contributed by atoms with Gasteiger partial charge < -0.3 is 4.40 Å². The fourth-order valence-corrected chi connectivity index (χ4v) is 6.47. The number of hydrogen-bond acceptors (Lipinski definition) is 1. The Hall–Kier alpha value is -3.13. The first-order valence-electron chi connectivity index (χ1n) is 11.7. The number of nitrogens with zero attached hydrogens (tertiary/aromatic N) is 2. The van der Waals surface area contributed by atoms with Crippen molar-refractivity contribution in [1.29, 1.82) is 0 Å². The van der Waals surface area contributed by atoms with Crippen LogP contribution in [0, 0.1) is 19.8 Å². The summed E-state index contributed by atoms with van der Waals surface area (Å²) >= 11 is 0. The van der Waals surface area contributed by atoms with Crippen molar-refractivity contribution in [2.24, 2.45) is 5.92 Å². The average Bonchev–Trinajstić information content (AvgIpc) is 3.39. The molecule has 0 bridgehead atoms. The standard InChI is InChI=1S/C29H26N2/c1-17-13-18(2)28-23(14-17)27-26-20(11-12-30-27)16-21(15-19-7-3-4-8-19)25-22-9-5-6-10-24(22)31(28)29(25)26/h5-6,9-14,16,19H,3-4,7-8,15H2,1-2H3. The molecule has 0 radical (unpaired) electrons. The molecule has 0 atom stereocenters. The monoisotopic (exact) mass is 402 g/mol. The van der Waals surface area contributed by atoms with Gasteiger partial charge in [-0.05, 0) is 60.9 Å². The lowest BCUT2D eigenvalue weighted by Gasteiger charge is -2.17. The third-order valence-corrected chi connectivity index (χ3v) is 7.65. The Kier molecular flexibility index (Phi) is 3.51. The topological polar surface area (TPSA) is 17.3 Å². The summed E-state index contributed by atoms with van der Waals surface area (Å²) in [6, 6.07) is 18.3. The molecular formula is C29H26N2. The van der Waals surface area contributed by atoms with Gasteiger partial charge in [-0.25, -0.2) is 0 Å². The van der Waals surface area contributed by atoms with Gasteiger partial charge in [0.25, 0.3) is 0 Å². The van der Waals surface area contributed by atoms with Gasteiger partial charge in [-0.2, -0.15) is 0 Å². The van der Waals surface area contributed by atoms with Gasteiger partial charge in [-0.3, -0.25) is 4.98 Å². The highest BCUT2D eigenvalue weighted by Gasteiger charge is 2.24. The van der Waals surface area contributed by atoms with E-state index in [1.807, 2.05) is 6.20 Å². The van der Waals surface area contributed by atoms with Crippen LogP contribution in [0.15, 0.2) is 54.7 Å². The highest BCUT2D eigenvalue weighted by Crippen LogP contribution is 2.44. The average molecular weight is 403 g/mol. The van der Waals surface area contributed by atoms with Gasteiger partial charge in [0, 0.05) is 27.7 Å². The van der Waals surface area contributed by atoms with Gasteiger partial charge in [0.05, 0.1) is 22.1 Å². The molecule has 31 heavy (non-hydrogen) atoms. The Morgan fingerprint density at radius 3 is 2.61 bits per heavy atom. The van der Waals surface area contributed by atoms with E-state index in [2.05, 4.69) is 66.8 Å². The molecular weight excluding hydrogens is 376 g/mol. The van der Waals surface area contributed by atoms with Crippen LogP contribution in [0.1, 0.15) is 42.4 Å². The molecule has 0 saturated heterocycles.